The van der Waals surface area contributed by atoms with Crippen LogP contribution in [0, 0.1) is 13.8 Å². The molecule has 0 unspecified atom stereocenters. The zero-order valence-electron chi connectivity index (χ0n) is 18.0. The first-order valence-electron chi connectivity index (χ1n) is 10.7. The van der Waals surface area contributed by atoms with Crippen molar-refractivity contribution in [3.8, 4) is 0 Å². The Morgan fingerprint density at radius 3 is 1.84 bits per heavy atom. The summed E-state index contributed by atoms with van der Waals surface area (Å²) in [6, 6.07) is 6.93. The Morgan fingerprint density at radius 2 is 1.36 bits per heavy atom. The van der Waals surface area contributed by atoms with Crippen LogP contribution in [0.1, 0.15) is 76.0 Å². The molecule has 0 N–H and O–H groups in total. The Labute approximate surface area is 162 Å². The molecule has 0 atom stereocenters. The van der Waals surface area contributed by atoms with Crippen LogP contribution in [0.5, 0.6) is 0 Å². The molecule has 25 heavy (non-hydrogen) atoms. The first-order chi connectivity index (χ1) is 12.0. The molecule has 0 amide bonds. The minimum atomic E-state index is -2.05. The van der Waals surface area contributed by atoms with Gasteiger partial charge in [0, 0.05) is 0 Å². The van der Waals surface area contributed by atoms with E-state index in [1.807, 2.05) is 0 Å². The minimum absolute atomic E-state index is 1.14. The molecule has 0 aliphatic heterocycles. The van der Waals surface area contributed by atoms with Crippen LogP contribution < -0.4 is 0 Å². The first kappa shape index (κ1) is 23.0. The Balaban J connectivity index is 2.86. The number of aryl methyl sites for hydroxylation is 2. The van der Waals surface area contributed by atoms with E-state index in [2.05, 4.69) is 64.8 Å². The summed E-state index contributed by atoms with van der Waals surface area (Å²) in [5.74, 6) is 0. The fourth-order valence-corrected chi connectivity index (χ4v) is 20.7. The van der Waals surface area contributed by atoms with Crippen molar-refractivity contribution in [2.75, 3.05) is 11.6 Å². The molecule has 1 aromatic carbocycles. The van der Waals surface area contributed by atoms with Gasteiger partial charge < -0.3 is 0 Å². The van der Waals surface area contributed by atoms with Gasteiger partial charge in [-0.15, -0.1) is 0 Å². The van der Waals surface area contributed by atoms with Crippen molar-refractivity contribution in [1.82, 2.24) is 4.90 Å². The molecule has 1 rings (SSSR count). The summed E-state index contributed by atoms with van der Waals surface area (Å²) in [5, 5.41) is 0. The van der Waals surface area contributed by atoms with Gasteiger partial charge in [-0.05, 0) is 0 Å². The van der Waals surface area contributed by atoms with Gasteiger partial charge in [0.25, 0.3) is 0 Å². The van der Waals surface area contributed by atoms with E-state index in [0.29, 0.717) is 0 Å². The first-order valence-corrected chi connectivity index (χ1v) is 18.8. The van der Waals surface area contributed by atoms with Gasteiger partial charge in [0.15, 0.2) is 0 Å². The second kappa shape index (κ2) is 12.4. The number of benzene rings is 1. The van der Waals surface area contributed by atoms with Gasteiger partial charge in [-0.1, -0.05) is 0 Å². The average molecular weight is 452 g/mol. The van der Waals surface area contributed by atoms with Crippen molar-refractivity contribution in [2.24, 2.45) is 0 Å². The summed E-state index contributed by atoms with van der Waals surface area (Å²) < 4.78 is 6.30. The van der Waals surface area contributed by atoms with Crippen LogP contribution in [0.25, 0.3) is 0 Å². The molecule has 0 heterocycles. The predicted molar refractivity (Wildman–Crippen MR) is 117 cm³/mol. The maximum atomic E-state index is 2.69. The number of nitrogens with zero attached hydrogens (tertiary/aromatic N) is 1. The zero-order chi connectivity index (χ0) is 18.7. The van der Waals surface area contributed by atoms with E-state index in [0.717, 1.165) is 6.54 Å². The van der Waals surface area contributed by atoms with Gasteiger partial charge in [0.05, 0.1) is 0 Å². The number of unbranched alkanes of at least 4 members (excludes halogenated alkanes) is 3. The number of hydrogen-bond acceptors (Lipinski definition) is 1. The van der Waals surface area contributed by atoms with E-state index in [1.165, 1.54) is 59.8 Å². The molecule has 0 fully saturated rings. The topological polar surface area (TPSA) is 3.24 Å². The Bertz CT molecular complexity index is 461. The molecule has 0 aliphatic rings. The van der Waals surface area contributed by atoms with Crippen molar-refractivity contribution in [3.63, 3.8) is 0 Å². The summed E-state index contributed by atoms with van der Waals surface area (Å²) in [5.41, 5.74) is 4.38. The molecule has 2 heteroatoms. The fourth-order valence-electron chi connectivity index (χ4n) is 4.16. The maximum absolute atomic E-state index is 2.69. The van der Waals surface area contributed by atoms with Crippen LogP contribution in [0.3, 0.4) is 0 Å². The van der Waals surface area contributed by atoms with Crippen LogP contribution in [-0.4, -0.2) is 34.9 Å². The Kier molecular flexibility index (Phi) is 11.4. The summed E-state index contributed by atoms with van der Waals surface area (Å²) in [7, 11) is 2.39. The van der Waals surface area contributed by atoms with Crippen molar-refractivity contribution in [2.45, 2.75) is 93.0 Å². The number of rotatable bonds is 13. The molecule has 0 bridgehead atoms. The van der Waals surface area contributed by atoms with E-state index >= 15 is 0 Å². The third kappa shape index (κ3) is 8.47. The summed E-state index contributed by atoms with van der Waals surface area (Å²) in [4.78, 5) is 2.69. The van der Waals surface area contributed by atoms with Gasteiger partial charge in [-0.2, -0.15) is 0 Å². The SMILES string of the molecule is CCC[CH2][Sn]([CH2]CCC)([CH2]CCC)[CH2]N(C)Cc1cc(C)ccc1C. The van der Waals surface area contributed by atoms with Crippen molar-refractivity contribution in [1.29, 1.82) is 0 Å². The molecule has 0 aliphatic carbocycles. The molecule has 144 valence electrons. The summed E-state index contributed by atoms with van der Waals surface area (Å²) in [6.07, 6.45) is 8.54. The van der Waals surface area contributed by atoms with Crippen molar-refractivity contribution >= 4 is 18.4 Å². The Morgan fingerprint density at radius 1 is 0.840 bits per heavy atom. The molecule has 0 saturated heterocycles. The van der Waals surface area contributed by atoms with E-state index in [-0.39, 0.29) is 0 Å². The molecule has 1 aromatic rings. The van der Waals surface area contributed by atoms with Gasteiger partial charge in [0.2, 0.25) is 0 Å². The van der Waals surface area contributed by atoms with E-state index in [4.69, 9.17) is 0 Å². The van der Waals surface area contributed by atoms with Crippen molar-refractivity contribution < 1.29 is 0 Å². The Hall–Kier alpha value is -0.0213. The van der Waals surface area contributed by atoms with Gasteiger partial charge in [-0.25, -0.2) is 0 Å². The molecular formula is C23H43NSn. The molecular weight excluding hydrogens is 409 g/mol. The zero-order valence-corrected chi connectivity index (χ0v) is 20.8. The van der Waals surface area contributed by atoms with Crippen molar-refractivity contribution in [3.05, 3.63) is 34.9 Å². The second-order valence-corrected chi connectivity index (χ2v) is 22.2. The quantitative estimate of drug-likeness (QED) is 0.288. The molecule has 0 aromatic heterocycles. The van der Waals surface area contributed by atoms with E-state index < -0.39 is 18.4 Å². The van der Waals surface area contributed by atoms with E-state index in [9.17, 15) is 0 Å². The molecule has 0 spiro atoms. The predicted octanol–water partition coefficient (Wildman–Crippen LogP) is 7.12. The van der Waals surface area contributed by atoms with Gasteiger partial charge >= 0.3 is 163 Å². The molecule has 1 nitrogen and oxygen atoms in total. The monoisotopic (exact) mass is 453 g/mol. The summed E-state index contributed by atoms with van der Waals surface area (Å²) in [6.45, 7) is 12.7. The van der Waals surface area contributed by atoms with Crippen LogP contribution in [-0.2, 0) is 6.54 Å². The number of hydrogen-bond donors (Lipinski definition) is 0. The fraction of sp³-hybridized carbons (Fsp3) is 0.739. The van der Waals surface area contributed by atoms with Crippen LogP contribution >= 0.6 is 0 Å². The average Bonchev–Trinajstić information content (AvgIpc) is 2.59. The third-order valence-electron chi connectivity index (χ3n) is 5.73. The van der Waals surface area contributed by atoms with Crippen LogP contribution in [0.4, 0.5) is 0 Å². The third-order valence-corrected chi connectivity index (χ3v) is 21.3. The standard InChI is InChI=1S/C11H16N.3C4H9.Sn/c1-9-5-6-10(2)11(7-9)8-12(3)4;3*1-3-4-2;/h5-7H,3,8H2,1-2,4H3;3*1,3-4H2,2H3;. The van der Waals surface area contributed by atoms with Crippen LogP contribution in [0.2, 0.25) is 13.3 Å². The normalized spacial score (nSPS) is 12.1. The van der Waals surface area contributed by atoms with Crippen LogP contribution in [0.15, 0.2) is 18.2 Å². The summed E-state index contributed by atoms with van der Waals surface area (Å²) >= 11 is -2.05. The molecule has 0 saturated carbocycles. The second-order valence-electron chi connectivity index (χ2n) is 8.41. The van der Waals surface area contributed by atoms with E-state index in [1.54, 1.807) is 13.3 Å². The van der Waals surface area contributed by atoms with Gasteiger partial charge in [-0.3, -0.25) is 0 Å². The van der Waals surface area contributed by atoms with Gasteiger partial charge in [0.1, 0.15) is 0 Å². The molecule has 0 radical (unpaired) electrons.